The summed E-state index contributed by atoms with van der Waals surface area (Å²) in [6, 6.07) is 1.62. The van der Waals surface area contributed by atoms with Crippen molar-refractivity contribution in [2.45, 2.75) is 38.3 Å². The highest BCUT2D eigenvalue weighted by Crippen LogP contribution is 2.15. The van der Waals surface area contributed by atoms with Crippen molar-refractivity contribution in [2.75, 3.05) is 7.11 Å². The molecule has 3 N–H and O–H groups in total. The number of ketones is 1. The molecule has 0 spiro atoms. The standard InChI is InChI=1S/C18H22F2N2O4/c1-4-5-6-18(21,17(25)26-3)16(24)11(2)22-15(23)9-12-7-13(19)10-14(20)8-12/h4-5,7-8,10-11H,6,9,21H2,1-3H3,(H,22,23)/t11-,18-/m0/s1. The fraction of sp³-hybridized carbons (Fsp3) is 0.389. The lowest BCUT2D eigenvalue weighted by atomic mass is 9.87. The summed E-state index contributed by atoms with van der Waals surface area (Å²) in [6.45, 7) is 3.07. The Morgan fingerprint density at radius 3 is 2.35 bits per heavy atom. The van der Waals surface area contributed by atoms with Gasteiger partial charge >= 0.3 is 5.97 Å². The molecule has 0 aliphatic rings. The minimum absolute atomic E-state index is 0.0929. The third-order valence-electron chi connectivity index (χ3n) is 3.72. The molecule has 8 heteroatoms. The van der Waals surface area contributed by atoms with E-state index in [1.807, 2.05) is 0 Å². The van der Waals surface area contributed by atoms with Gasteiger partial charge in [-0.2, -0.15) is 0 Å². The van der Waals surface area contributed by atoms with Crippen molar-refractivity contribution < 1.29 is 27.9 Å². The third kappa shape index (κ3) is 5.45. The molecular weight excluding hydrogens is 346 g/mol. The number of hydrogen-bond acceptors (Lipinski definition) is 5. The zero-order chi connectivity index (χ0) is 19.9. The lowest BCUT2D eigenvalue weighted by Crippen LogP contribution is -2.61. The van der Waals surface area contributed by atoms with Gasteiger partial charge in [0.05, 0.1) is 19.6 Å². The molecule has 0 radical (unpaired) electrons. The van der Waals surface area contributed by atoms with Crippen LogP contribution in [0.15, 0.2) is 30.4 Å². The number of allylic oxidation sites excluding steroid dienone is 1. The van der Waals surface area contributed by atoms with E-state index in [4.69, 9.17) is 5.73 Å². The summed E-state index contributed by atoms with van der Waals surface area (Å²) >= 11 is 0. The van der Waals surface area contributed by atoms with Gasteiger partial charge in [0.2, 0.25) is 5.91 Å². The maximum absolute atomic E-state index is 13.2. The first-order chi connectivity index (χ1) is 12.1. The number of amides is 1. The van der Waals surface area contributed by atoms with E-state index in [-0.39, 0.29) is 18.4 Å². The number of esters is 1. The van der Waals surface area contributed by atoms with Crippen molar-refractivity contribution in [1.29, 1.82) is 0 Å². The molecule has 0 aliphatic carbocycles. The molecule has 26 heavy (non-hydrogen) atoms. The van der Waals surface area contributed by atoms with Gasteiger partial charge in [0.25, 0.3) is 0 Å². The summed E-state index contributed by atoms with van der Waals surface area (Å²) in [7, 11) is 1.11. The van der Waals surface area contributed by atoms with E-state index in [1.54, 1.807) is 19.1 Å². The molecule has 1 rings (SSSR count). The van der Waals surface area contributed by atoms with Crippen molar-refractivity contribution in [3.8, 4) is 0 Å². The van der Waals surface area contributed by atoms with Crippen molar-refractivity contribution in [3.05, 3.63) is 47.5 Å². The van der Waals surface area contributed by atoms with Gasteiger partial charge in [-0.1, -0.05) is 12.2 Å². The normalized spacial score (nSPS) is 14.5. The quantitative estimate of drug-likeness (QED) is 0.411. The highest BCUT2D eigenvalue weighted by molar-refractivity contribution is 6.11. The molecule has 0 saturated heterocycles. The molecule has 2 atom stereocenters. The van der Waals surface area contributed by atoms with Crippen molar-refractivity contribution in [2.24, 2.45) is 5.73 Å². The van der Waals surface area contributed by atoms with Gasteiger partial charge in [-0.25, -0.2) is 13.6 Å². The second kappa shape index (κ2) is 9.19. The molecular formula is C18H22F2N2O4. The zero-order valence-corrected chi connectivity index (χ0v) is 14.8. The van der Waals surface area contributed by atoms with Crippen LogP contribution in [-0.2, 0) is 25.5 Å². The molecule has 0 saturated carbocycles. The Morgan fingerprint density at radius 1 is 1.27 bits per heavy atom. The Balaban J connectivity index is 2.85. The van der Waals surface area contributed by atoms with Gasteiger partial charge < -0.3 is 15.8 Å². The monoisotopic (exact) mass is 368 g/mol. The van der Waals surface area contributed by atoms with Crippen LogP contribution in [0.25, 0.3) is 0 Å². The minimum Gasteiger partial charge on any atom is -0.467 e. The first-order valence-electron chi connectivity index (χ1n) is 7.91. The Morgan fingerprint density at radius 2 is 1.85 bits per heavy atom. The van der Waals surface area contributed by atoms with Crippen LogP contribution in [0, 0.1) is 11.6 Å². The molecule has 0 unspecified atom stereocenters. The average Bonchev–Trinajstić information content (AvgIpc) is 2.56. The van der Waals surface area contributed by atoms with E-state index in [2.05, 4.69) is 10.1 Å². The second-order valence-corrected chi connectivity index (χ2v) is 5.84. The molecule has 0 aromatic heterocycles. The number of carbonyl (C=O) groups is 3. The molecule has 142 valence electrons. The topological polar surface area (TPSA) is 98.5 Å². The summed E-state index contributed by atoms with van der Waals surface area (Å²) in [5.74, 6) is -3.92. The highest BCUT2D eigenvalue weighted by Gasteiger charge is 2.44. The van der Waals surface area contributed by atoms with Gasteiger partial charge in [0.1, 0.15) is 11.6 Å². The van der Waals surface area contributed by atoms with Crippen molar-refractivity contribution >= 4 is 17.7 Å². The highest BCUT2D eigenvalue weighted by atomic mass is 19.1. The Bertz CT molecular complexity index is 701. The van der Waals surface area contributed by atoms with Crippen LogP contribution >= 0.6 is 0 Å². The smallest absolute Gasteiger partial charge is 0.334 e. The van der Waals surface area contributed by atoms with Crippen LogP contribution < -0.4 is 11.1 Å². The van der Waals surface area contributed by atoms with Gasteiger partial charge in [-0.3, -0.25) is 9.59 Å². The number of carbonyl (C=O) groups excluding carboxylic acids is 3. The lowest BCUT2D eigenvalue weighted by Gasteiger charge is -2.27. The van der Waals surface area contributed by atoms with Crippen molar-refractivity contribution in [1.82, 2.24) is 5.32 Å². The van der Waals surface area contributed by atoms with E-state index >= 15 is 0 Å². The summed E-state index contributed by atoms with van der Waals surface area (Å²) in [4.78, 5) is 36.6. The summed E-state index contributed by atoms with van der Waals surface area (Å²) in [5, 5.41) is 2.38. The molecule has 1 aromatic carbocycles. The maximum Gasteiger partial charge on any atom is 0.334 e. The van der Waals surface area contributed by atoms with Gasteiger partial charge in [-0.05, 0) is 31.5 Å². The van der Waals surface area contributed by atoms with Gasteiger partial charge in [-0.15, -0.1) is 0 Å². The summed E-state index contributed by atoms with van der Waals surface area (Å²) in [6.07, 6.45) is 2.74. The van der Waals surface area contributed by atoms with Crippen LogP contribution in [0.4, 0.5) is 8.78 Å². The lowest BCUT2D eigenvalue weighted by molar-refractivity contribution is -0.152. The number of methoxy groups -OCH3 is 1. The van der Waals surface area contributed by atoms with Gasteiger partial charge in [0.15, 0.2) is 11.3 Å². The molecule has 0 fully saturated rings. The van der Waals surface area contributed by atoms with Crippen LogP contribution in [0.1, 0.15) is 25.8 Å². The SMILES string of the molecule is CC=CC[C@@](N)(C(=O)OC)C(=O)[C@H](C)NC(=O)Cc1cc(F)cc(F)c1. The Kier molecular flexibility index (Phi) is 7.57. The number of halogens is 2. The van der Waals surface area contributed by atoms with Crippen LogP contribution in [0.2, 0.25) is 0 Å². The average molecular weight is 368 g/mol. The predicted octanol–water partition coefficient (Wildman–Crippen LogP) is 1.42. The number of nitrogens with two attached hydrogens (primary N) is 1. The van der Waals surface area contributed by atoms with Crippen molar-refractivity contribution in [3.63, 3.8) is 0 Å². The first kappa shape index (κ1) is 21.4. The molecule has 0 aliphatic heterocycles. The number of benzene rings is 1. The van der Waals surface area contributed by atoms with Crippen LogP contribution in [-0.4, -0.2) is 36.4 Å². The van der Waals surface area contributed by atoms with E-state index in [0.717, 1.165) is 19.2 Å². The molecule has 0 bridgehead atoms. The Hall–Kier alpha value is -2.61. The van der Waals surface area contributed by atoms with E-state index in [9.17, 15) is 23.2 Å². The second-order valence-electron chi connectivity index (χ2n) is 5.84. The summed E-state index contributed by atoms with van der Waals surface area (Å²) in [5.41, 5.74) is 4.09. The third-order valence-corrected chi connectivity index (χ3v) is 3.72. The molecule has 1 amide bonds. The summed E-state index contributed by atoms with van der Waals surface area (Å²) < 4.78 is 30.9. The first-order valence-corrected chi connectivity index (χ1v) is 7.91. The van der Waals surface area contributed by atoms with E-state index in [0.29, 0.717) is 6.07 Å². The largest absolute Gasteiger partial charge is 0.467 e. The fourth-order valence-electron chi connectivity index (χ4n) is 2.41. The van der Waals surface area contributed by atoms with Gasteiger partial charge in [0, 0.05) is 12.5 Å². The fourth-order valence-corrected chi connectivity index (χ4v) is 2.41. The Labute approximate surface area is 150 Å². The zero-order valence-electron chi connectivity index (χ0n) is 14.8. The van der Waals surface area contributed by atoms with Crippen LogP contribution in [0.5, 0.6) is 0 Å². The molecule has 6 nitrogen and oxygen atoms in total. The predicted molar refractivity (Wildman–Crippen MR) is 91.0 cm³/mol. The van der Waals surface area contributed by atoms with E-state index in [1.165, 1.54) is 6.92 Å². The number of Topliss-reactive ketones (excluding diaryl/α,β-unsaturated/α-hetero) is 1. The number of nitrogens with one attached hydrogen (secondary N) is 1. The number of ether oxygens (including phenoxy) is 1. The van der Waals surface area contributed by atoms with Crippen LogP contribution in [0.3, 0.4) is 0 Å². The number of rotatable bonds is 8. The maximum atomic E-state index is 13.2. The minimum atomic E-state index is -1.95. The van der Waals surface area contributed by atoms with E-state index < -0.39 is 40.9 Å². The molecule has 1 aromatic rings. The number of hydrogen-bond donors (Lipinski definition) is 2. The molecule has 0 heterocycles.